The van der Waals surface area contributed by atoms with Crippen LogP contribution in [0.1, 0.15) is 24.1 Å². The van der Waals surface area contributed by atoms with E-state index in [9.17, 15) is 10.1 Å². The number of aromatic nitrogens is 3. The number of hydrogen-bond donors (Lipinski definition) is 1. The maximum atomic E-state index is 10.7. The first-order valence-corrected chi connectivity index (χ1v) is 6.56. The van der Waals surface area contributed by atoms with Crippen molar-refractivity contribution < 1.29 is 4.92 Å². The number of nitrogens with zero attached hydrogens (tertiary/aromatic N) is 4. The number of hydrogen-bond acceptors (Lipinski definition) is 5. The summed E-state index contributed by atoms with van der Waals surface area (Å²) in [4.78, 5) is 10.3. The van der Waals surface area contributed by atoms with Crippen LogP contribution in [0, 0.1) is 10.1 Å². The van der Waals surface area contributed by atoms with Crippen LogP contribution in [0.25, 0.3) is 0 Å². The van der Waals surface area contributed by atoms with Crippen molar-refractivity contribution in [2.24, 2.45) is 0 Å². The zero-order chi connectivity index (χ0) is 13.9. The number of nitrogens with one attached hydrogen (secondary N) is 1. The van der Waals surface area contributed by atoms with Gasteiger partial charge in [0.05, 0.1) is 23.4 Å². The molecule has 0 radical (unpaired) electrons. The Morgan fingerprint density at radius 2 is 2.30 bits per heavy atom. The van der Waals surface area contributed by atoms with E-state index in [0.29, 0.717) is 12.6 Å². The monoisotopic (exact) mass is 273 g/mol. The number of benzene rings is 1. The van der Waals surface area contributed by atoms with Crippen LogP contribution in [0.5, 0.6) is 0 Å². The van der Waals surface area contributed by atoms with Gasteiger partial charge in [-0.25, -0.2) is 4.68 Å². The third kappa shape index (κ3) is 3.18. The summed E-state index contributed by atoms with van der Waals surface area (Å²) in [6, 6.07) is 7.20. The van der Waals surface area contributed by atoms with Gasteiger partial charge in [-0.2, -0.15) is 0 Å². The van der Waals surface area contributed by atoms with Crippen LogP contribution in [0.15, 0.2) is 30.5 Å². The summed E-state index contributed by atoms with van der Waals surface area (Å²) in [5.41, 5.74) is 1.83. The molecule has 1 fully saturated rings. The molecule has 7 heteroatoms. The SMILES string of the molecule is O=[N+]([O-])c1cccc(Cn2cc(CNC3CC3)nn2)c1. The summed E-state index contributed by atoms with van der Waals surface area (Å²) in [5.74, 6) is 0. The van der Waals surface area contributed by atoms with Gasteiger partial charge in [0.25, 0.3) is 5.69 Å². The van der Waals surface area contributed by atoms with E-state index in [2.05, 4.69) is 15.6 Å². The van der Waals surface area contributed by atoms with Crippen LogP contribution >= 0.6 is 0 Å². The molecule has 1 heterocycles. The Morgan fingerprint density at radius 3 is 3.05 bits per heavy atom. The normalized spacial score (nSPS) is 14.4. The van der Waals surface area contributed by atoms with Gasteiger partial charge < -0.3 is 5.32 Å². The second-order valence-corrected chi connectivity index (χ2v) is 4.99. The van der Waals surface area contributed by atoms with Crippen molar-refractivity contribution >= 4 is 5.69 Å². The van der Waals surface area contributed by atoms with Crippen LogP contribution in [0.3, 0.4) is 0 Å². The summed E-state index contributed by atoms with van der Waals surface area (Å²) >= 11 is 0. The smallest absolute Gasteiger partial charge is 0.269 e. The highest BCUT2D eigenvalue weighted by Gasteiger charge is 2.20. The molecule has 0 aliphatic heterocycles. The minimum Gasteiger partial charge on any atom is -0.308 e. The highest BCUT2D eigenvalue weighted by atomic mass is 16.6. The lowest BCUT2D eigenvalue weighted by molar-refractivity contribution is -0.384. The van der Waals surface area contributed by atoms with E-state index in [0.717, 1.165) is 17.8 Å². The van der Waals surface area contributed by atoms with Crippen LogP contribution in [-0.4, -0.2) is 26.0 Å². The predicted octanol–water partition coefficient (Wildman–Crippen LogP) is 1.49. The molecule has 1 aromatic carbocycles. The molecule has 0 atom stereocenters. The van der Waals surface area contributed by atoms with Crippen LogP contribution in [0.2, 0.25) is 0 Å². The van der Waals surface area contributed by atoms with E-state index in [1.807, 2.05) is 12.3 Å². The third-order valence-corrected chi connectivity index (χ3v) is 3.20. The minimum absolute atomic E-state index is 0.0956. The largest absolute Gasteiger partial charge is 0.308 e. The second-order valence-electron chi connectivity index (χ2n) is 4.99. The predicted molar refractivity (Wildman–Crippen MR) is 72.1 cm³/mol. The molecule has 0 saturated heterocycles. The van der Waals surface area contributed by atoms with E-state index < -0.39 is 4.92 Å². The fourth-order valence-corrected chi connectivity index (χ4v) is 1.99. The molecule has 2 aromatic rings. The van der Waals surface area contributed by atoms with E-state index in [-0.39, 0.29) is 5.69 Å². The lowest BCUT2D eigenvalue weighted by atomic mass is 10.2. The fraction of sp³-hybridized carbons (Fsp3) is 0.385. The van der Waals surface area contributed by atoms with Gasteiger partial charge in [-0.05, 0) is 18.4 Å². The van der Waals surface area contributed by atoms with Crippen LogP contribution in [0.4, 0.5) is 5.69 Å². The Labute approximate surface area is 115 Å². The Morgan fingerprint density at radius 1 is 1.45 bits per heavy atom. The Bertz CT molecular complexity index is 621. The summed E-state index contributed by atoms with van der Waals surface area (Å²) in [6.07, 6.45) is 4.35. The maximum absolute atomic E-state index is 10.7. The molecule has 1 aliphatic rings. The molecule has 0 bridgehead atoms. The molecule has 20 heavy (non-hydrogen) atoms. The number of rotatable bonds is 6. The zero-order valence-electron chi connectivity index (χ0n) is 10.9. The Balaban J connectivity index is 1.64. The molecular weight excluding hydrogens is 258 g/mol. The first-order valence-electron chi connectivity index (χ1n) is 6.56. The molecule has 7 nitrogen and oxygen atoms in total. The van der Waals surface area contributed by atoms with Crippen molar-refractivity contribution in [3.63, 3.8) is 0 Å². The van der Waals surface area contributed by atoms with Gasteiger partial charge in [-0.3, -0.25) is 10.1 Å². The van der Waals surface area contributed by atoms with Crippen molar-refractivity contribution in [3.8, 4) is 0 Å². The molecule has 1 saturated carbocycles. The maximum Gasteiger partial charge on any atom is 0.269 e. The first-order chi connectivity index (χ1) is 9.70. The highest BCUT2D eigenvalue weighted by Crippen LogP contribution is 2.19. The molecule has 0 amide bonds. The number of nitro groups is 1. The highest BCUT2D eigenvalue weighted by molar-refractivity contribution is 5.34. The molecule has 3 rings (SSSR count). The average Bonchev–Trinajstić information content (AvgIpc) is 3.17. The van der Waals surface area contributed by atoms with E-state index in [4.69, 9.17) is 0 Å². The molecule has 1 aromatic heterocycles. The van der Waals surface area contributed by atoms with Crippen molar-refractivity contribution in [2.75, 3.05) is 0 Å². The van der Waals surface area contributed by atoms with Crippen molar-refractivity contribution in [1.82, 2.24) is 20.3 Å². The number of nitro benzene ring substituents is 1. The molecule has 0 unspecified atom stereocenters. The van der Waals surface area contributed by atoms with Gasteiger partial charge in [0, 0.05) is 24.7 Å². The summed E-state index contributed by atoms with van der Waals surface area (Å²) in [5, 5.41) is 22.2. The number of non-ortho nitro benzene ring substituents is 1. The van der Waals surface area contributed by atoms with Crippen molar-refractivity contribution in [2.45, 2.75) is 32.0 Å². The summed E-state index contributed by atoms with van der Waals surface area (Å²) < 4.78 is 1.70. The quantitative estimate of drug-likeness (QED) is 0.636. The fourth-order valence-electron chi connectivity index (χ4n) is 1.99. The van der Waals surface area contributed by atoms with E-state index in [1.54, 1.807) is 16.8 Å². The van der Waals surface area contributed by atoms with Gasteiger partial charge in [-0.15, -0.1) is 5.10 Å². The van der Waals surface area contributed by atoms with Crippen molar-refractivity contribution in [1.29, 1.82) is 0 Å². The van der Waals surface area contributed by atoms with Gasteiger partial charge in [0.15, 0.2) is 0 Å². The Hall–Kier alpha value is -2.28. The van der Waals surface area contributed by atoms with Crippen LogP contribution in [-0.2, 0) is 13.1 Å². The summed E-state index contributed by atoms with van der Waals surface area (Å²) in [7, 11) is 0. The van der Waals surface area contributed by atoms with Gasteiger partial charge >= 0.3 is 0 Å². The third-order valence-electron chi connectivity index (χ3n) is 3.20. The van der Waals surface area contributed by atoms with E-state index in [1.165, 1.54) is 18.9 Å². The topological polar surface area (TPSA) is 85.9 Å². The molecule has 1 aliphatic carbocycles. The molecular formula is C13H15N5O2. The first kappa shape index (κ1) is 12.7. The van der Waals surface area contributed by atoms with Gasteiger partial charge in [-0.1, -0.05) is 17.3 Å². The molecule has 1 N–H and O–H groups in total. The Kier molecular flexibility index (Phi) is 3.42. The van der Waals surface area contributed by atoms with Gasteiger partial charge in [0.1, 0.15) is 0 Å². The minimum atomic E-state index is -0.393. The molecule has 0 spiro atoms. The average molecular weight is 273 g/mol. The lowest BCUT2D eigenvalue weighted by Crippen LogP contribution is -2.15. The summed E-state index contributed by atoms with van der Waals surface area (Å²) in [6.45, 7) is 1.21. The van der Waals surface area contributed by atoms with Crippen molar-refractivity contribution in [3.05, 3.63) is 51.8 Å². The zero-order valence-corrected chi connectivity index (χ0v) is 10.9. The van der Waals surface area contributed by atoms with E-state index >= 15 is 0 Å². The standard InChI is InChI=1S/C13H15N5O2/c19-18(20)13-3-1-2-10(6-13)8-17-9-12(15-16-17)7-14-11-4-5-11/h1-3,6,9,11,14H,4-5,7-8H2. The van der Waals surface area contributed by atoms with Crippen LogP contribution < -0.4 is 5.32 Å². The van der Waals surface area contributed by atoms with Gasteiger partial charge in [0.2, 0.25) is 0 Å². The molecule has 104 valence electrons. The lowest BCUT2D eigenvalue weighted by Gasteiger charge is -2.00. The second kappa shape index (κ2) is 5.38.